The highest BCUT2D eigenvalue weighted by molar-refractivity contribution is 6.26. The minimum absolute atomic E-state index is 0.108. The molecule has 4 atom stereocenters. The van der Waals surface area contributed by atoms with Crippen LogP contribution in [0.25, 0.3) is 0 Å². The fourth-order valence-corrected chi connectivity index (χ4v) is 2.39. The van der Waals surface area contributed by atoms with E-state index >= 15 is 0 Å². The summed E-state index contributed by atoms with van der Waals surface area (Å²) in [7, 11) is 0. The number of hydrogen-bond donors (Lipinski definition) is 0. The first-order valence-electron chi connectivity index (χ1n) is 5.00. The number of ether oxygens (including phenoxy) is 2. The maximum atomic E-state index is 11.2. The Labute approximate surface area is 97.3 Å². The molecule has 0 N–H and O–H groups in total. The number of halogens is 1. The predicted octanol–water partition coefficient (Wildman–Crippen LogP) is 0.612. The fraction of sp³-hybridized carbons (Fsp3) is 0.700. The number of fused-ring (bicyclic) bond motifs is 2. The van der Waals surface area contributed by atoms with Crippen molar-refractivity contribution in [3.63, 3.8) is 0 Å². The molecule has 2 bridgehead atoms. The van der Waals surface area contributed by atoms with Gasteiger partial charge >= 0.3 is 11.9 Å². The van der Waals surface area contributed by atoms with E-state index in [2.05, 4.69) is 6.07 Å². The maximum Gasteiger partial charge on any atom is 0.321 e. The van der Waals surface area contributed by atoms with Gasteiger partial charge in [-0.2, -0.15) is 5.26 Å². The number of alkyl halides is 1. The van der Waals surface area contributed by atoms with E-state index in [-0.39, 0.29) is 30.1 Å². The Balaban J connectivity index is 2.12. The summed E-state index contributed by atoms with van der Waals surface area (Å²) < 4.78 is 10.2. The highest BCUT2D eigenvalue weighted by Crippen LogP contribution is 2.41. The van der Waals surface area contributed by atoms with Crippen LogP contribution in [0.4, 0.5) is 0 Å². The van der Waals surface area contributed by atoms with Crippen LogP contribution >= 0.6 is 11.6 Å². The van der Waals surface area contributed by atoms with Gasteiger partial charge < -0.3 is 9.47 Å². The van der Waals surface area contributed by atoms with E-state index < -0.39 is 18.2 Å². The lowest BCUT2D eigenvalue weighted by Gasteiger charge is -2.29. The lowest BCUT2D eigenvalue weighted by molar-refractivity contribution is -0.177. The highest BCUT2D eigenvalue weighted by Gasteiger charge is 2.52. The summed E-state index contributed by atoms with van der Waals surface area (Å²) in [6.45, 7) is 0. The van der Waals surface area contributed by atoms with Crippen molar-refractivity contribution in [3.05, 3.63) is 0 Å². The Kier molecular flexibility index (Phi) is 3.01. The number of rotatable bonds is 2. The van der Waals surface area contributed by atoms with E-state index in [0.29, 0.717) is 6.42 Å². The van der Waals surface area contributed by atoms with Gasteiger partial charge in [0, 0.05) is 5.92 Å². The third kappa shape index (κ3) is 1.85. The monoisotopic (exact) mass is 243 g/mol. The second-order valence-corrected chi connectivity index (χ2v) is 4.25. The van der Waals surface area contributed by atoms with Crippen LogP contribution in [0.5, 0.6) is 0 Å². The molecule has 86 valence electrons. The maximum absolute atomic E-state index is 11.2. The van der Waals surface area contributed by atoms with E-state index in [1.54, 1.807) is 0 Å². The Hall–Kier alpha value is -1.28. The Morgan fingerprint density at radius 1 is 1.69 bits per heavy atom. The van der Waals surface area contributed by atoms with Crippen molar-refractivity contribution in [1.82, 2.24) is 0 Å². The summed E-state index contributed by atoms with van der Waals surface area (Å²) in [5.74, 6) is -1.60. The molecule has 2 aliphatic rings. The Bertz CT molecular complexity index is 364. The van der Waals surface area contributed by atoms with E-state index in [1.165, 1.54) is 0 Å². The van der Waals surface area contributed by atoms with E-state index in [0.717, 1.165) is 0 Å². The van der Waals surface area contributed by atoms with Crippen molar-refractivity contribution in [1.29, 1.82) is 5.26 Å². The van der Waals surface area contributed by atoms with Gasteiger partial charge in [0.05, 0.1) is 18.4 Å². The summed E-state index contributed by atoms with van der Waals surface area (Å²) in [4.78, 5) is 22.3. The molecule has 0 aromatic carbocycles. The van der Waals surface area contributed by atoms with E-state index in [4.69, 9.17) is 26.3 Å². The van der Waals surface area contributed by atoms with Gasteiger partial charge in [-0.1, -0.05) is 0 Å². The second kappa shape index (κ2) is 4.30. The van der Waals surface area contributed by atoms with Crippen molar-refractivity contribution >= 4 is 23.5 Å². The number of esters is 2. The standard InChI is InChI=1S/C10H10ClNO4/c11-3-8(14)16-9-5-1-6(4-12)10(9)15-7(13)2-5/h5-6,9-10H,1-3H2. The minimum atomic E-state index is -0.622. The Morgan fingerprint density at radius 2 is 2.44 bits per heavy atom. The molecular weight excluding hydrogens is 234 g/mol. The van der Waals surface area contributed by atoms with Crippen molar-refractivity contribution in [2.24, 2.45) is 11.8 Å². The predicted molar refractivity (Wildman–Crippen MR) is 52.3 cm³/mol. The first-order chi connectivity index (χ1) is 7.65. The van der Waals surface area contributed by atoms with Gasteiger partial charge in [0.2, 0.25) is 0 Å². The zero-order chi connectivity index (χ0) is 11.7. The second-order valence-electron chi connectivity index (χ2n) is 3.98. The van der Waals surface area contributed by atoms with Crippen molar-refractivity contribution < 1.29 is 19.1 Å². The van der Waals surface area contributed by atoms with E-state index in [1.807, 2.05) is 0 Å². The summed E-state index contributed by atoms with van der Waals surface area (Å²) in [6, 6.07) is 2.08. The lowest BCUT2D eigenvalue weighted by atomic mass is 9.99. The molecule has 0 radical (unpaired) electrons. The van der Waals surface area contributed by atoms with Gasteiger partial charge in [-0.15, -0.1) is 11.6 Å². The molecular formula is C10H10ClNO4. The highest BCUT2D eigenvalue weighted by atomic mass is 35.5. The summed E-state index contributed by atoms with van der Waals surface area (Å²) in [5.41, 5.74) is 0. The van der Waals surface area contributed by atoms with Gasteiger partial charge in [0.15, 0.2) is 6.10 Å². The molecule has 1 heterocycles. The van der Waals surface area contributed by atoms with Crippen LogP contribution in [-0.2, 0) is 19.1 Å². The molecule has 16 heavy (non-hydrogen) atoms. The van der Waals surface area contributed by atoms with Gasteiger partial charge in [0.25, 0.3) is 0 Å². The van der Waals surface area contributed by atoms with Gasteiger partial charge in [-0.3, -0.25) is 9.59 Å². The molecule has 1 aliphatic heterocycles. The van der Waals surface area contributed by atoms with Gasteiger partial charge in [-0.05, 0) is 6.42 Å². The lowest BCUT2D eigenvalue weighted by Crippen LogP contribution is -2.42. The molecule has 5 nitrogen and oxygen atoms in total. The molecule has 0 aromatic rings. The molecule has 0 amide bonds. The largest absolute Gasteiger partial charge is 0.457 e. The van der Waals surface area contributed by atoms with E-state index in [9.17, 15) is 9.59 Å². The van der Waals surface area contributed by atoms with Crippen molar-refractivity contribution in [2.75, 3.05) is 5.88 Å². The van der Waals surface area contributed by atoms with Gasteiger partial charge in [-0.25, -0.2) is 0 Å². The molecule has 2 rings (SSSR count). The first kappa shape index (κ1) is 11.2. The molecule has 4 unspecified atom stereocenters. The SMILES string of the molecule is N#CC1CC2CC(=O)OC1C2OC(=O)CCl. The first-order valence-corrected chi connectivity index (χ1v) is 5.53. The normalized spacial score (nSPS) is 36.4. The minimum Gasteiger partial charge on any atom is -0.457 e. The van der Waals surface area contributed by atoms with Crippen LogP contribution in [0, 0.1) is 23.2 Å². The van der Waals surface area contributed by atoms with Crippen molar-refractivity contribution in [2.45, 2.75) is 25.0 Å². The number of nitriles is 1. The molecule has 1 aliphatic carbocycles. The summed E-state index contributed by atoms with van der Waals surface area (Å²) in [6.07, 6.45) is -0.390. The topological polar surface area (TPSA) is 76.4 Å². The molecule has 2 fully saturated rings. The summed E-state index contributed by atoms with van der Waals surface area (Å²) >= 11 is 5.34. The van der Waals surface area contributed by atoms with Crippen LogP contribution in [0.2, 0.25) is 0 Å². The average Bonchev–Trinajstić information content (AvgIpc) is 2.47. The Morgan fingerprint density at radius 3 is 3.06 bits per heavy atom. The third-order valence-corrected chi connectivity index (χ3v) is 3.20. The molecule has 1 saturated carbocycles. The molecule has 6 heteroatoms. The smallest absolute Gasteiger partial charge is 0.321 e. The van der Waals surface area contributed by atoms with Crippen LogP contribution in [0.15, 0.2) is 0 Å². The molecule has 1 saturated heterocycles. The van der Waals surface area contributed by atoms with Gasteiger partial charge in [0.1, 0.15) is 12.0 Å². The molecule has 0 spiro atoms. The number of nitrogens with zero attached hydrogens (tertiary/aromatic N) is 1. The quantitative estimate of drug-likeness (QED) is 0.525. The average molecular weight is 244 g/mol. The van der Waals surface area contributed by atoms with Crippen LogP contribution in [-0.4, -0.2) is 30.0 Å². The third-order valence-electron chi connectivity index (χ3n) is 2.98. The fourth-order valence-electron chi connectivity index (χ4n) is 2.33. The van der Waals surface area contributed by atoms with Crippen LogP contribution < -0.4 is 0 Å². The zero-order valence-electron chi connectivity index (χ0n) is 8.39. The zero-order valence-corrected chi connectivity index (χ0v) is 9.14. The van der Waals surface area contributed by atoms with Crippen molar-refractivity contribution in [3.8, 4) is 6.07 Å². The molecule has 0 aromatic heterocycles. The number of carbonyl (C=O) groups excluding carboxylic acids is 2. The van der Waals surface area contributed by atoms with Crippen LogP contribution in [0.1, 0.15) is 12.8 Å². The van der Waals surface area contributed by atoms with Crippen LogP contribution in [0.3, 0.4) is 0 Å². The number of carbonyl (C=O) groups is 2. The number of hydrogen-bond acceptors (Lipinski definition) is 5. The summed E-state index contributed by atoms with van der Waals surface area (Å²) in [5, 5.41) is 8.90.